The summed E-state index contributed by atoms with van der Waals surface area (Å²) in [5, 5.41) is 4.40. The zero-order valence-electron chi connectivity index (χ0n) is 8.74. The molecule has 0 radical (unpaired) electrons. The van der Waals surface area contributed by atoms with Crippen LogP contribution in [0.5, 0.6) is 0 Å². The summed E-state index contributed by atoms with van der Waals surface area (Å²) in [5.74, 6) is 0.737. The molecule has 0 amide bonds. The van der Waals surface area contributed by atoms with Crippen molar-refractivity contribution in [2.75, 3.05) is 5.73 Å². The van der Waals surface area contributed by atoms with Crippen LogP contribution in [0, 0.1) is 10.5 Å². The molecule has 1 aromatic carbocycles. The van der Waals surface area contributed by atoms with Crippen LogP contribution >= 0.6 is 38.5 Å². The molecule has 16 heavy (non-hydrogen) atoms. The topological polar surface area (TPSA) is 43.8 Å². The summed E-state index contributed by atoms with van der Waals surface area (Å²) in [6, 6.07) is 8.17. The number of aromatic nitrogens is 2. The molecule has 0 saturated heterocycles. The predicted molar refractivity (Wildman–Crippen MR) is 77.3 cm³/mol. The highest BCUT2D eigenvalue weighted by atomic mass is 127. The van der Waals surface area contributed by atoms with Crippen LogP contribution in [0.25, 0.3) is 0 Å². The lowest BCUT2D eigenvalue weighted by atomic mass is 10.2. The van der Waals surface area contributed by atoms with Gasteiger partial charge >= 0.3 is 0 Å². The minimum Gasteiger partial charge on any atom is -0.383 e. The fourth-order valence-electron chi connectivity index (χ4n) is 1.46. The Morgan fingerprint density at radius 1 is 1.38 bits per heavy atom. The Labute approximate surface area is 116 Å². The molecule has 2 N–H and O–H groups in total. The van der Waals surface area contributed by atoms with E-state index in [2.05, 4.69) is 55.8 Å². The van der Waals surface area contributed by atoms with Gasteiger partial charge in [0.25, 0.3) is 0 Å². The average Bonchev–Trinajstić information content (AvgIpc) is 2.50. The van der Waals surface area contributed by atoms with Crippen molar-refractivity contribution >= 4 is 44.3 Å². The van der Waals surface area contributed by atoms with E-state index in [1.807, 2.05) is 23.7 Å². The van der Waals surface area contributed by atoms with E-state index < -0.39 is 0 Å². The summed E-state index contributed by atoms with van der Waals surface area (Å²) < 4.78 is 3.95. The summed E-state index contributed by atoms with van der Waals surface area (Å²) in [4.78, 5) is 0. The van der Waals surface area contributed by atoms with Crippen LogP contribution in [0.2, 0.25) is 0 Å². The first-order valence-electron chi connectivity index (χ1n) is 4.81. The van der Waals surface area contributed by atoms with Crippen molar-refractivity contribution in [1.29, 1.82) is 0 Å². The molecule has 84 valence electrons. The lowest BCUT2D eigenvalue weighted by Gasteiger charge is -2.04. The Morgan fingerprint density at radius 2 is 2.00 bits per heavy atom. The second-order valence-corrected chi connectivity index (χ2v) is 5.56. The molecule has 0 aliphatic carbocycles. The van der Waals surface area contributed by atoms with Gasteiger partial charge in [0.15, 0.2) is 0 Å². The summed E-state index contributed by atoms with van der Waals surface area (Å²) in [6.07, 6.45) is 0. The second-order valence-electron chi connectivity index (χ2n) is 3.57. The van der Waals surface area contributed by atoms with E-state index in [4.69, 9.17) is 5.73 Å². The van der Waals surface area contributed by atoms with Gasteiger partial charge in [0.05, 0.1) is 15.8 Å². The molecule has 0 fully saturated rings. The van der Waals surface area contributed by atoms with Crippen molar-refractivity contribution in [3.8, 4) is 0 Å². The SMILES string of the molecule is Cc1nn(Cc2ccc(Br)cc2)c(N)c1I. The lowest BCUT2D eigenvalue weighted by molar-refractivity contribution is 0.689. The summed E-state index contributed by atoms with van der Waals surface area (Å²) in [5.41, 5.74) is 8.14. The molecule has 0 bridgehead atoms. The standard InChI is InChI=1S/C11H11BrIN3/c1-7-10(13)11(14)16(15-7)6-8-2-4-9(12)5-3-8/h2-5H,6,14H2,1H3. The fourth-order valence-corrected chi connectivity index (χ4v) is 2.11. The maximum Gasteiger partial charge on any atom is 0.135 e. The van der Waals surface area contributed by atoms with Gasteiger partial charge in [0.2, 0.25) is 0 Å². The first kappa shape index (κ1) is 11.9. The maximum absolute atomic E-state index is 5.96. The Hall–Kier alpha value is -0.560. The quantitative estimate of drug-likeness (QED) is 0.799. The second kappa shape index (κ2) is 4.75. The zero-order chi connectivity index (χ0) is 11.7. The molecule has 1 aromatic heterocycles. The zero-order valence-corrected chi connectivity index (χ0v) is 12.5. The normalized spacial score (nSPS) is 10.7. The number of halogens is 2. The van der Waals surface area contributed by atoms with E-state index in [-0.39, 0.29) is 0 Å². The van der Waals surface area contributed by atoms with Crippen LogP contribution in [-0.2, 0) is 6.54 Å². The van der Waals surface area contributed by atoms with E-state index in [9.17, 15) is 0 Å². The van der Waals surface area contributed by atoms with Gasteiger partial charge in [0, 0.05) is 4.47 Å². The number of aryl methyl sites for hydroxylation is 1. The molecule has 0 aliphatic rings. The average molecular weight is 392 g/mol. The van der Waals surface area contributed by atoms with Gasteiger partial charge in [-0.2, -0.15) is 5.10 Å². The number of rotatable bonds is 2. The Balaban J connectivity index is 2.27. The van der Waals surface area contributed by atoms with Gasteiger partial charge in [-0.15, -0.1) is 0 Å². The summed E-state index contributed by atoms with van der Waals surface area (Å²) in [7, 11) is 0. The van der Waals surface area contributed by atoms with E-state index in [1.54, 1.807) is 0 Å². The van der Waals surface area contributed by atoms with Gasteiger partial charge < -0.3 is 5.73 Å². The first-order valence-corrected chi connectivity index (χ1v) is 6.68. The molecular weight excluding hydrogens is 381 g/mol. The minimum absolute atomic E-state index is 0.711. The van der Waals surface area contributed by atoms with Gasteiger partial charge in [-0.3, -0.25) is 0 Å². The number of anilines is 1. The van der Waals surface area contributed by atoms with Crippen molar-refractivity contribution in [2.45, 2.75) is 13.5 Å². The Kier molecular flexibility index (Phi) is 3.53. The first-order chi connectivity index (χ1) is 7.58. The smallest absolute Gasteiger partial charge is 0.135 e. The molecule has 5 heteroatoms. The number of benzene rings is 1. The van der Waals surface area contributed by atoms with Gasteiger partial charge in [-0.25, -0.2) is 4.68 Å². The number of nitrogens with two attached hydrogens (primary N) is 1. The summed E-state index contributed by atoms with van der Waals surface area (Å²) >= 11 is 5.63. The van der Waals surface area contributed by atoms with Crippen LogP contribution in [0.4, 0.5) is 5.82 Å². The molecule has 0 saturated carbocycles. The third-order valence-corrected chi connectivity index (χ3v) is 4.20. The minimum atomic E-state index is 0.711. The van der Waals surface area contributed by atoms with Crippen molar-refractivity contribution in [3.63, 3.8) is 0 Å². The molecule has 0 atom stereocenters. The van der Waals surface area contributed by atoms with Crippen LogP contribution in [0.1, 0.15) is 11.3 Å². The van der Waals surface area contributed by atoms with Crippen molar-refractivity contribution in [3.05, 3.63) is 43.6 Å². The molecule has 0 spiro atoms. The third kappa shape index (κ3) is 2.40. The van der Waals surface area contributed by atoms with E-state index in [0.717, 1.165) is 19.6 Å². The monoisotopic (exact) mass is 391 g/mol. The molecule has 2 rings (SSSR count). The number of nitrogens with zero attached hydrogens (tertiary/aromatic N) is 2. The number of nitrogen functional groups attached to an aromatic ring is 1. The summed E-state index contributed by atoms with van der Waals surface area (Å²) in [6.45, 7) is 2.68. The van der Waals surface area contributed by atoms with Crippen molar-refractivity contribution in [1.82, 2.24) is 9.78 Å². The fraction of sp³-hybridized carbons (Fsp3) is 0.182. The Morgan fingerprint density at radius 3 is 2.50 bits per heavy atom. The van der Waals surface area contributed by atoms with Gasteiger partial charge in [-0.05, 0) is 47.2 Å². The van der Waals surface area contributed by atoms with E-state index in [1.165, 1.54) is 5.56 Å². The van der Waals surface area contributed by atoms with Crippen molar-refractivity contribution in [2.24, 2.45) is 0 Å². The maximum atomic E-state index is 5.96. The largest absolute Gasteiger partial charge is 0.383 e. The predicted octanol–water partition coefficient (Wildman–Crippen LogP) is 3.19. The van der Waals surface area contributed by atoms with Crippen molar-refractivity contribution < 1.29 is 0 Å². The van der Waals surface area contributed by atoms with Crippen LogP contribution in [0.3, 0.4) is 0 Å². The molecule has 1 heterocycles. The molecule has 0 aliphatic heterocycles. The lowest BCUT2D eigenvalue weighted by Crippen LogP contribution is -2.06. The molecular formula is C11H11BrIN3. The van der Waals surface area contributed by atoms with Gasteiger partial charge in [0.1, 0.15) is 5.82 Å². The molecule has 3 nitrogen and oxygen atoms in total. The van der Waals surface area contributed by atoms with Crippen LogP contribution < -0.4 is 5.73 Å². The third-order valence-electron chi connectivity index (χ3n) is 2.34. The molecule has 2 aromatic rings. The van der Waals surface area contributed by atoms with Crippen LogP contribution in [0.15, 0.2) is 28.7 Å². The van der Waals surface area contributed by atoms with E-state index >= 15 is 0 Å². The highest BCUT2D eigenvalue weighted by molar-refractivity contribution is 14.1. The van der Waals surface area contributed by atoms with Crippen LogP contribution in [-0.4, -0.2) is 9.78 Å². The van der Waals surface area contributed by atoms with Gasteiger partial charge in [-0.1, -0.05) is 28.1 Å². The number of hydrogen-bond acceptors (Lipinski definition) is 2. The highest BCUT2D eigenvalue weighted by Gasteiger charge is 2.09. The highest BCUT2D eigenvalue weighted by Crippen LogP contribution is 2.20. The molecule has 0 unspecified atom stereocenters. The number of hydrogen-bond donors (Lipinski definition) is 1. The Bertz CT molecular complexity index is 505. The van der Waals surface area contributed by atoms with E-state index in [0.29, 0.717) is 6.54 Å².